The van der Waals surface area contributed by atoms with Crippen molar-refractivity contribution in [2.45, 2.75) is 4.90 Å². The van der Waals surface area contributed by atoms with Crippen molar-refractivity contribution in [3.05, 3.63) is 48.0 Å². The zero-order valence-electron chi connectivity index (χ0n) is 11.6. The zero-order valence-corrected chi connectivity index (χ0v) is 12.4. The summed E-state index contributed by atoms with van der Waals surface area (Å²) < 4.78 is 25.4. The molecule has 108 valence electrons. The summed E-state index contributed by atoms with van der Waals surface area (Å²) in [5, 5.41) is 18.6. The Labute approximate surface area is 123 Å². The largest absolute Gasteiger partial charge is 0.508 e. The number of nitriles is 1. The second-order valence-corrected chi connectivity index (χ2v) is 6.85. The first kappa shape index (κ1) is 15.0. The summed E-state index contributed by atoms with van der Waals surface area (Å²) in [6.45, 7) is 0. The van der Waals surface area contributed by atoms with Crippen molar-refractivity contribution < 1.29 is 13.5 Å². The van der Waals surface area contributed by atoms with Gasteiger partial charge in [-0.05, 0) is 41.5 Å². The molecule has 0 radical (unpaired) electrons. The monoisotopic (exact) mass is 302 g/mol. The minimum absolute atomic E-state index is 0.0371. The molecule has 0 unspecified atom stereocenters. The van der Waals surface area contributed by atoms with Gasteiger partial charge in [-0.2, -0.15) is 5.26 Å². The number of hydrogen-bond acceptors (Lipinski definition) is 4. The number of phenolic OH excluding ortho intramolecular Hbond substituents is 1. The number of sulfonamides is 1. The maximum atomic E-state index is 12.1. The van der Waals surface area contributed by atoms with Crippen molar-refractivity contribution in [3.63, 3.8) is 0 Å². The SMILES string of the molecule is CN(C)S(=O)(=O)c1cccc(-c2cc(O)cc(C#N)c2)c1. The molecule has 0 amide bonds. The van der Waals surface area contributed by atoms with Crippen molar-refractivity contribution in [3.8, 4) is 22.9 Å². The summed E-state index contributed by atoms with van der Waals surface area (Å²) in [5.41, 5.74) is 1.51. The lowest BCUT2D eigenvalue weighted by atomic mass is 10.0. The fraction of sp³-hybridized carbons (Fsp3) is 0.133. The fourth-order valence-electron chi connectivity index (χ4n) is 1.89. The molecule has 0 saturated carbocycles. The Hall–Kier alpha value is -2.36. The molecule has 0 fully saturated rings. The van der Waals surface area contributed by atoms with Gasteiger partial charge in [-0.1, -0.05) is 12.1 Å². The van der Waals surface area contributed by atoms with E-state index in [1.165, 1.54) is 38.4 Å². The number of rotatable bonds is 3. The van der Waals surface area contributed by atoms with Crippen LogP contribution in [0.15, 0.2) is 47.4 Å². The van der Waals surface area contributed by atoms with Crippen molar-refractivity contribution in [1.29, 1.82) is 5.26 Å². The Kier molecular flexibility index (Phi) is 3.98. The van der Waals surface area contributed by atoms with Gasteiger partial charge in [0.05, 0.1) is 16.5 Å². The van der Waals surface area contributed by atoms with Crippen molar-refractivity contribution in [2.24, 2.45) is 0 Å². The van der Waals surface area contributed by atoms with Crippen LogP contribution in [-0.2, 0) is 10.0 Å². The third-order valence-corrected chi connectivity index (χ3v) is 4.80. The third-order valence-electron chi connectivity index (χ3n) is 2.99. The Morgan fingerprint density at radius 1 is 1.10 bits per heavy atom. The van der Waals surface area contributed by atoms with Crippen LogP contribution in [0.5, 0.6) is 5.75 Å². The summed E-state index contributed by atoms with van der Waals surface area (Å²) in [5.74, 6) is -0.0371. The van der Waals surface area contributed by atoms with Gasteiger partial charge in [0.2, 0.25) is 10.0 Å². The zero-order chi connectivity index (χ0) is 15.6. The summed E-state index contributed by atoms with van der Waals surface area (Å²) >= 11 is 0. The topological polar surface area (TPSA) is 81.4 Å². The van der Waals surface area contributed by atoms with Crippen LogP contribution in [0.3, 0.4) is 0 Å². The number of aromatic hydroxyl groups is 1. The lowest BCUT2D eigenvalue weighted by Crippen LogP contribution is -2.22. The Balaban J connectivity index is 2.58. The molecule has 0 spiro atoms. The maximum Gasteiger partial charge on any atom is 0.242 e. The molecule has 0 aliphatic heterocycles. The highest BCUT2D eigenvalue weighted by atomic mass is 32.2. The molecule has 0 atom stereocenters. The maximum absolute atomic E-state index is 12.1. The van der Waals surface area contributed by atoms with E-state index in [4.69, 9.17) is 5.26 Å². The smallest absolute Gasteiger partial charge is 0.242 e. The van der Waals surface area contributed by atoms with Gasteiger partial charge in [-0.15, -0.1) is 0 Å². The van der Waals surface area contributed by atoms with Crippen molar-refractivity contribution in [1.82, 2.24) is 4.31 Å². The molecular weight excluding hydrogens is 288 g/mol. The van der Waals surface area contributed by atoms with Crippen LogP contribution in [0.25, 0.3) is 11.1 Å². The van der Waals surface area contributed by atoms with E-state index in [9.17, 15) is 13.5 Å². The molecular formula is C15H14N2O3S. The van der Waals surface area contributed by atoms with E-state index in [0.29, 0.717) is 16.7 Å². The van der Waals surface area contributed by atoms with Gasteiger partial charge in [0, 0.05) is 14.1 Å². The summed E-state index contributed by atoms with van der Waals surface area (Å²) in [6, 6.07) is 12.8. The predicted octanol–water partition coefficient (Wildman–Crippen LogP) is 2.18. The predicted molar refractivity (Wildman–Crippen MR) is 79.1 cm³/mol. The average Bonchev–Trinajstić information content (AvgIpc) is 2.46. The molecule has 1 N–H and O–H groups in total. The van der Waals surface area contributed by atoms with E-state index in [0.717, 1.165) is 4.31 Å². The van der Waals surface area contributed by atoms with Crippen LogP contribution in [0.4, 0.5) is 0 Å². The van der Waals surface area contributed by atoms with E-state index in [1.54, 1.807) is 18.2 Å². The molecule has 2 aromatic carbocycles. The fourth-order valence-corrected chi connectivity index (χ4v) is 2.84. The molecule has 2 rings (SSSR count). The molecule has 5 nitrogen and oxygen atoms in total. The van der Waals surface area contributed by atoms with Gasteiger partial charge in [0.15, 0.2) is 0 Å². The quantitative estimate of drug-likeness (QED) is 0.942. The van der Waals surface area contributed by atoms with E-state index < -0.39 is 10.0 Å². The van der Waals surface area contributed by atoms with Gasteiger partial charge in [-0.25, -0.2) is 12.7 Å². The van der Waals surface area contributed by atoms with E-state index in [1.807, 2.05) is 6.07 Å². The van der Waals surface area contributed by atoms with E-state index in [-0.39, 0.29) is 10.6 Å². The molecule has 0 saturated heterocycles. The third kappa shape index (κ3) is 3.05. The first-order chi connectivity index (χ1) is 9.84. The molecule has 6 heteroatoms. The first-order valence-electron chi connectivity index (χ1n) is 6.12. The summed E-state index contributed by atoms with van der Waals surface area (Å²) in [6.07, 6.45) is 0. The van der Waals surface area contributed by atoms with Gasteiger partial charge < -0.3 is 5.11 Å². The van der Waals surface area contributed by atoms with Crippen LogP contribution < -0.4 is 0 Å². The average molecular weight is 302 g/mol. The Morgan fingerprint density at radius 3 is 2.43 bits per heavy atom. The molecule has 21 heavy (non-hydrogen) atoms. The van der Waals surface area contributed by atoms with Gasteiger partial charge >= 0.3 is 0 Å². The highest BCUT2D eigenvalue weighted by molar-refractivity contribution is 7.89. The Bertz CT molecular complexity index is 821. The highest BCUT2D eigenvalue weighted by Crippen LogP contribution is 2.27. The second kappa shape index (κ2) is 5.56. The molecule has 0 bridgehead atoms. The summed E-state index contributed by atoms with van der Waals surface area (Å²) in [7, 11) is -0.603. The van der Waals surface area contributed by atoms with E-state index in [2.05, 4.69) is 0 Å². The number of phenols is 1. The summed E-state index contributed by atoms with van der Waals surface area (Å²) in [4.78, 5) is 0.159. The lowest BCUT2D eigenvalue weighted by Gasteiger charge is -2.12. The van der Waals surface area contributed by atoms with Crippen LogP contribution in [-0.4, -0.2) is 31.9 Å². The lowest BCUT2D eigenvalue weighted by molar-refractivity contribution is 0.475. The number of hydrogen-bond donors (Lipinski definition) is 1. The standard InChI is InChI=1S/C15H14N2O3S/c1-17(2)21(19,20)15-5-3-4-12(9-15)13-6-11(10-16)7-14(18)8-13/h3-9,18H,1-2H3. The Morgan fingerprint density at radius 2 is 1.81 bits per heavy atom. The van der Waals surface area contributed by atoms with Crippen LogP contribution in [0.1, 0.15) is 5.56 Å². The molecule has 2 aromatic rings. The second-order valence-electron chi connectivity index (χ2n) is 4.70. The van der Waals surface area contributed by atoms with Gasteiger partial charge in [0.25, 0.3) is 0 Å². The molecule has 0 aromatic heterocycles. The van der Waals surface area contributed by atoms with Crippen LogP contribution >= 0.6 is 0 Å². The van der Waals surface area contributed by atoms with E-state index >= 15 is 0 Å². The highest BCUT2D eigenvalue weighted by Gasteiger charge is 2.17. The molecule has 0 aliphatic carbocycles. The number of benzene rings is 2. The number of nitrogens with zero attached hydrogens (tertiary/aromatic N) is 2. The molecule has 0 heterocycles. The van der Waals surface area contributed by atoms with Crippen molar-refractivity contribution in [2.75, 3.05) is 14.1 Å². The van der Waals surface area contributed by atoms with Crippen LogP contribution in [0, 0.1) is 11.3 Å². The van der Waals surface area contributed by atoms with Crippen LogP contribution in [0.2, 0.25) is 0 Å². The normalized spacial score (nSPS) is 11.3. The molecule has 0 aliphatic rings. The van der Waals surface area contributed by atoms with Gasteiger partial charge in [0.1, 0.15) is 5.75 Å². The minimum Gasteiger partial charge on any atom is -0.508 e. The van der Waals surface area contributed by atoms with Crippen molar-refractivity contribution >= 4 is 10.0 Å². The van der Waals surface area contributed by atoms with Gasteiger partial charge in [-0.3, -0.25) is 0 Å². The minimum atomic E-state index is -3.53. The first-order valence-corrected chi connectivity index (χ1v) is 7.56.